The first-order valence-corrected chi connectivity index (χ1v) is 13.2. The summed E-state index contributed by atoms with van der Waals surface area (Å²) in [4.78, 5) is 31.0. The van der Waals surface area contributed by atoms with E-state index >= 15 is 0 Å². The monoisotopic (exact) mass is 600 g/mol. The van der Waals surface area contributed by atoms with Crippen LogP contribution in [0.4, 0.5) is 5.69 Å². The van der Waals surface area contributed by atoms with Gasteiger partial charge in [0.05, 0.1) is 27.7 Å². The molecule has 3 aromatic rings. The Balaban J connectivity index is 1.60. The molecule has 10 heteroatoms. The summed E-state index contributed by atoms with van der Waals surface area (Å²) < 4.78 is 12.2. The summed E-state index contributed by atoms with van der Waals surface area (Å²) in [6.07, 6.45) is 1.76. The Bertz CT molecular complexity index is 1430. The number of ether oxygens (including phenoxy) is 2. The number of methoxy groups -OCH3 is 1. The van der Waals surface area contributed by atoms with E-state index in [1.54, 1.807) is 42.4 Å². The van der Waals surface area contributed by atoms with Crippen LogP contribution in [-0.2, 0) is 11.4 Å². The van der Waals surface area contributed by atoms with Gasteiger partial charge in [0.2, 0.25) is 0 Å². The maximum atomic E-state index is 13.1. The fourth-order valence-corrected chi connectivity index (χ4v) is 5.40. The molecule has 1 aliphatic rings. The van der Waals surface area contributed by atoms with Crippen molar-refractivity contribution in [2.24, 2.45) is 4.99 Å². The smallest absolute Gasteiger partial charge is 0.335 e. The Morgan fingerprint density at radius 3 is 2.68 bits per heavy atom. The van der Waals surface area contributed by atoms with Gasteiger partial charge in [-0.15, -0.1) is 0 Å². The molecular weight excluding hydrogens is 580 g/mol. The summed E-state index contributed by atoms with van der Waals surface area (Å²) in [6, 6.07) is 17.4. The van der Waals surface area contributed by atoms with E-state index in [1.165, 1.54) is 23.9 Å². The molecule has 4 rings (SSSR count). The Morgan fingerprint density at radius 2 is 1.97 bits per heavy atom. The highest BCUT2D eigenvalue weighted by Crippen LogP contribution is 2.40. The molecule has 0 bridgehead atoms. The van der Waals surface area contributed by atoms with Gasteiger partial charge in [-0.25, -0.2) is 9.79 Å². The van der Waals surface area contributed by atoms with E-state index in [9.17, 15) is 14.7 Å². The molecule has 0 aliphatic carbocycles. The lowest BCUT2D eigenvalue weighted by molar-refractivity contribution is -0.122. The van der Waals surface area contributed by atoms with E-state index in [2.05, 4.69) is 20.9 Å². The summed E-state index contributed by atoms with van der Waals surface area (Å²) >= 11 is 11.0. The van der Waals surface area contributed by atoms with Crippen LogP contribution in [0.1, 0.15) is 28.4 Å². The molecular formula is C27H22BrClN2O5S. The van der Waals surface area contributed by atoms with Crippen molar-refractivity contribution < 1.29 is 24.2 Å². The lowest BCUT2D eigenvalue weighted by Gasteiger charge is -2.14. The van der Waals surface area contributed by atoms with Gasteiger partial charge in [0, 0.05) is 17.1 Å². The van der Waals surface area contributed by atoms with E-state index in [0.717, 1.165) is 11.1 Å². The van der Waals surface area contributed by atoms with Gasteiger partial charge < -0.3 is 14.6 Å². The van der Waals surface area contributed by atoms with Gasteiger partial charge >= 0.3 is 5.97 Å². The normalized spacial score (nSPS) is 15.5. The number of halogens is 2. The van der Waals surface area contributed by atoms with Crippen LogP contribution in [0.15, 0.2) is 75.0 Å². The molecule has 190 valence electrons. The second-order valence-electron chi connectivity index (χ2n) is 7.82. The van der Waals surface area contributed by atoms with Crippen LogP contribution in [0.5, 0.6) is 11.5 Å². The minimum absolute atomic E-state index is 0.128. The Kier molecular flexibility index (Phi) is 8.58. The molecule has 0 radical (unpaired) electrons. The summed E-state index contributed by atoms with van der Waals surface area (Å²) in [5, 5.41) is 10.3. The molecule has 1 heterocycles. The van der Waals surface area contributed by atoms with Gasteiger partial charge in [-0.3, -0.25) is 9.69 Å². The third-order valence-electron chi connectivity index (χ3n) is 5.40. The predicted molar refractivity (Wildman–Crippen MR) is 150 cm³/mol. The highest BCUT2D eigenvalue weighted by molar-refractivity contribution is 9.10. The van der Waals surface area contributed by atoms with Crippen LogP contribution in [0.2, 0.25) is 5.02 Å². The lowest BCUT2D eigenvalue weighted by Crippen LogP contribution is -2.28. The van der Waals surface area contributed by atoms with Gasteiger partial charge in [-0.05, 0) is 82.7 Å². The number of carboxylic acids is 1. The van der Waals surface area contributed by atoms with Crippen molar-refractivity contribution in [3.63, 3.8) is 0 Å². The number of aliphatic imine (C=N–C) groups is 1. The van der Waals surface area contributed by atoms with Gasteiger partial charge in [0.25, 0.3) is 5.91 Å². The third kappa shape index (κ3) is 6.18. The van der Waals surface area contributed by atoms with Crippen molar-refractivity contribution in [1.29, 1.82) is 0 Å². The number of amidine groups is 1. The fourth-order valence-electron chi connectivity index (χ4n) is 3.57. The number of amides is 1. The standard InChI is InChI=1S/C27H22BrClN2O5S/c1-3-31-25(32)23(37-27(31)30-19-9-6-8-17(14-19)26(33)34)13-16-11-20(28)24(22(12-16)35-2)36-15-18-7-4-5-10-21(18)29/h4-14H,3,15H2,1-2H3,(H,33,34)/b23-13+,30-27?. The highest BCUT2D eigenvalue weighted by atomic mass is 79.9. The summed E-state index contributed by atoms with van der Waals surface area (Å²) in [7, 11) is 1.55. The van der Waals surface area contributed by atoms with Crippen molar-refractivity contribution in [2.45, 2.75) is 13.5 Å². The number of nitrogens with zero attached hydrogens (tertiary/aromatic N) is 2. The largest absolute Gasteiger partial charge is 0.493 e. The van der Waals surface area contributed by atoms with Gasteiger partial charge in [0.1, 0.15) is 6.61 Å². The van der Waals surface area contributed by atoms with Crippen molar-refractivity contribution in [2.75, 3.05) is 13.7 Å². The van der Waals surface area contributed by atoms with Crippen LogP contribution in [0.25, 0.3) is 6.08 Å². The van der Waals surface area contributed by atoms with Crippen LogP contribution >= 0.6 is 39.3 Å². The molecule has 0 atom stereocenters. The predicted octanol–water partition coefficient (Wildman–Crippen LogP) is 7.01. The van der Waals surface area contributed by atoms with Crippen molar-refractivity contribution >= 4 is 68.1 Å². The van der Waals surface area contributed by atoms with Crippen molar-refractivity contribution in [3.8, 4) is 11.5 Å². The summed E-state index contributed by atoms with van der Waals surface area (Å²) in [6.45, 7) is 2.54. The molecule has 37 heavy (non-hydrogen) atoms. The van der Waals surface area contributed by atoms with Gasteiger partial charge in [0.15, 0.2) is 16.7 Å². The molecule has 0 aromatic heterocycles. The molecule has 3 aromatic carbocycles. The quantitative estimate of drug-likeness (QED) is 0.279. The minimum atomic E-state index is -1.04. The number of likely N-dealkylation sites (N-methyl/N-ethyl adjacent to an activating group) is 1. The number of aromatic carboxylic acids is 1. The molecule has 0 saturated carbocycles. The van der Waals surface area contributed by atoms with Crippen LogP contribution in [-0.4, -0.2) is 40.7 Å². The lowest BCUT2D eigenvalue weighted by atomic mass is 10.1. The second kappa shape index (κ2) is 11.9. The molecule has 1 N–H and O–H groups in total. The average molecular weight is 602 g/mol. The van der Waals surface area contributed by atoms with E-state index in [4.69, 9.17) is 21.1 Å². The number of carbonyl (C=O) groups is 2. The van der Waals surface area contributed by atoms with Crippen molar-refractivity contribution in [1.82, 2.24) is 4.90 Å². The first kappa shape index (κ1) is 26.8. The molecule has 0 spiro atoms. The first-order chi connectivity index (χ1) is 17.8. The number of rotatable bonds is 8. The number of hydrogen-bond donors (Lipinski definition) is 1. The van der Waals surface area contributed by atoms with Crippen LogP contribution < -0.4 is 9.47 Å². The number of thioether (sulfide) groups is 1. The molecule has 7 nitrogen and oxygen atoms in total. The van der Waals surface area contributed by atoms with Crippen molar-refractivity contribution in [3.05, 3.63) is 91.8 Å². The minimum Gasteiger partial charge on any atom is -0.493 e. The topological polar surface area (TPSA) is 88.4 Å². The van der Waals surface area contributed by atoms with E-state index < -0.39 is 5.97 Å². The Morgan fingerprint density at radius 1 is 1.19 bits per heavy atom. The van der Waals surface area contributed by atoms with Crippen LogP contribution in [0.3, 0.4) is 0 Å². The summed E-state index contributed by atoms with van der Waals surface area (Å²) in [5.74, 6) is -0.208. The number of carbonyl (C=O) groups excluding carboxylic acids is 1. The SMILES string of the molecule is CCN1C(=O)/C(=C\c2cc(Br)c(OCc3ccccc3Cl)c(OC)c2)SC1=Nc1cccc(C(=O)O)c1. The van der Waals surface area contributed by atoms with Gasteiger partial charge in [-0.1, -0.05) is 35.9 Å². The first-order valence-electron chi connectivity index (χ1n) is 11.2. The molecule has 1 aliphatic heterocycles. The van der Waals surface area contributed by atoms with Gasteiger partial charge in [-0.2, -0.15) is 0 Å². The zero-order chi connectivity index (χ0) is 26.5. The van der Waals surface area contributed by atoms with E-state index in [-0.39, 0.29) is 18.1 Å². The molecule has 1 saturated heterocycles. The Hall–Kier alpha value is -3.27. The Labute approximate surface area is 231 Å². The third-order valence-corrected chi connectivity index (χ3v) is 7.37. The maximum absolute atomic E-state index is 13.1. The number of hydrogen-bond acceptors (Lipinski definition) is 6. The van der Waals surface area contributed by atoms with E-state index in [0.29, 0.717) is 43.3 Å². The molecule has 0 unspecified atom stereocenters. The fraction of sp³-hybridized carbons (Fsp3) is 0.148. The number of carboxylic acid groups (broad SMARTS) is 1. The average Bonchev–Trinajstić information content (AvgIpc) is 3.17. The second-order valence-corrected chi connectivity index (χ2v) is 10.1. The maximum Gasteiger partial charge on any atom is 0.335 e. The molecule has 1 amide bonds. The highest BCUT2D eigenvalue weighted by Gasteiger charge is 2.32. The van der Waals surface area contributed by atoms with Crippen LogP contribution in [0, 0.1) is 0 Å². The summed E-state index contributed by atoms with van der Waals surface area (Å²) in [5.41, 5.74) is 2.16. The zero-order valence-corrected chi connectivity index (χ0v) is 23.1. The molecule has 1 fully saturated rings. The number of benzene rings is 3. The van der Waals surface area contributed by atoms with E-state index in [1.807, 2.05) is 31.2 Å². The zero-order valence-electron chi connectivity index (χ0n) is 19.9.